The molecule has 1 fully saturated rings. The van der Waals surface area contributed by atoms with E-state index < -0.39 is 0 Å². The second-order valence-electron chi connectivity index (χ2n) is 8.44. The maximum absolute atomic E-state index is 13.7. The van der Waals surface area contributed by atoms with Crippen LogP contribution in [0.1, 0.15) is 17.0 Å². The summed E-state index contributed by atoms with van der Waals surface area (Å²) in [6.45, 7) is 2.68. The number of benzene rings is 2. The van der Waals surface area contributed by atoms with Crippen molar-refractivity contribution in [1.82, 2.24) is 20.1 Å². The number of hydrogen-bond donors (Lipinski definition) is 0. The van der Waals surface area contributed by atoms with Crippen molar-refractivity contribution in [3.63, 3.8) is 0 Å². The van der Waals surface area contributed by atoms with Crippen molar-refractivity contribution >= 4 is 11.7 Å². The first-order chi connectivity index (χ1) is 16.8. The minimum Gasteiger partial charge on any atom is -0.457 e. The second kappa shape index (κ2) is 8.59. The number of piperazine rings is 1. The van der Waals surface area contributed by atoms with Gasteiger partial charge >= 0.3 is 0 Å². The van der Waals surface area contributed by atoms with Gasteiger partial charge in [0.15, 0.2) is 5.82 Å². The fourth-order valence-electron chi connectivity index (χ4n) is 4.68. The van der Waals surface area contributed by atoms with E-state index in [0.717, 1.165) is 39.7 Å². The third-order valence-corrected chi connectivity index (χ3v) is 6.45. The zero-order chi connectivity index (χ0) is 22.9. The Morgan fingerprint density at radius 2 is 1.50 bits per heavy atom. The van der Waals surface area contributed by atoms with Crippen LogP contribution in [-0.4, -0.2) is 52.2 Å². The van der Waals surface area contributed by atoms with E-state index in [9.17, 15) is 4.79 Å². The number of nitrogens with zero attached hydrogens (tertiary/aromatic N) is 5. The number of ether oxygens (including phenoxy) is 1. The topological polar surface area (TPSA) is 71.5 Å². The summed E-state index contributed by atoms with van der Waals surface area (Å²) in [5.74, 6) is 2.08. The van der Waals surface area contributed by atoms with Gasteiger partial charge in [-0.15, -0.1) is 10.2 Å². The quantitative estimate of drug-likeness (QED) is 0.469. The molecule has 0 radical (unpaired) electrons. The van der Waals surface area contributed by atoms with Gasteiger partial charge in [0.05, 0.1) is 11.6 Å². The van der Waals surface area contributed by atoms with Crippen molar-refractivity contribution < 1.29 is 9.53 Å². The lowest BCUT2D eigenvalue weighted by Gasteiger charge is -2.38. The molecule has 1 amide bonds. The molecule has 2 aromatic heterocycles. The van der Waals surface area contributed by atoms with Gasteiger partial charge < -0.3 is 14.5 Å². The number of amides is 1. The summed E-state index contributed by atoms with van der Waals surface area (Å²) < 4.78 is 6.06. The molecular formula is C27H23N5O2. The summed E-state index contributed by atoms with van der Waals surface area (Å²) >= 11 is 0. The molecule has 2 aromatic carbocycles. The summed E-state index contributed by atoms with van der Waals surface area (Å²) in [6.07, 6.45) is 3.52. The molecule has 0 N–H and O–H groups in total. The Morgan fingerprint density at radius 3 is 2.12 bits per heavy atom. The lowest BCUT2D eigenvalue weighted by atomic mass is 9.86. The standard InChI is InChI=1S/C27H23N5O2/c33-27(26-20-7-1-3-9-23(20)34-24-10-4-2-8-21(24)26)32-16-14-31(15-17-32)25-12-11-22(29-30-25)19-6-5-13-28-18-19/h1-13,18,26H,14-17H2. The predicted molar refractivity (Wildman–Crippen MR) is 129 cm³/mol. The number of hydrogen-bond acceptors (Lipinski definition) is 6. The highest BCUT2D eigenvalue weighted by Gasteiger charge is 2.36. The average molecular weight is 450 g/mol. The zero-order valence-electron chi connectivity index (χ0n) is 18.5. The largest absolute Gasteiger partial charge is 0.457 e. The monoisotopic (exact) mass is 449 g/mol. The van der Waals surface area contributed by atoms with Crippen molar-refractivity contribution in [2.75, 3.05) is 31.1 Å². The van der Waals surface area contributed by atoms with E-state index in [4.69, 9.17) is 4.74 Å². The minimum atomic E-state index is -0.355. The lowest BCUT2D eigenvalue weighted by molar-refractivity contribution is -0.132. The summed E-state index contributed by atoms with van der Waals surface area (Å²) in [4.78, 5) is 22.0. The van der Waals surface area contributed by atoms with Gasteiger partial charge in [-0.1, -0.05) is 36.4 Å². The molecule has 34 heavy (non-hydrogen) atoms. The predicted octanol–water partition coefficient (Wildman–Crippen LogP) is 4.13. The van der Waals surface area contributed by atoms with Gasteiger partial charge in [-0.25, -0.2) is 0 Å². The summed E-state index contributed by atoms with van der Waals surface area (Å²) in [5, 5.41) is 8.80. The van der Waals surface area contributed by atoms with Crippen molar-refractivity contribution in [2.45, 2.75) is 5.92 Å². The number of carbonyl (C=O) groups is 1. The first-order valence-electron chi connectivity index (χ1n) is 11.4. The molecule has 0 saturated carbocycles. The van der Waals surface area contributed by atoms with Gasteiger partial charge in [-0.2, -0.15) is 0 Å². The van der Waals surface area contributed by atoms with Crippen LogP contribution in [0.25, 0.3) is 11.3 Å². The third kappa shape index (κ3) is 3.65. The molecular weight excluding hydrogens is 426 g/mol. The fourth-order valence-corrected chi connectivity index (χ4v) is 4.68. The van der Waals surface area contributed by atoms with Crippen LogP contribution in [0.5, 0.6) is 11.5 Å². The van der Waals surface area contributed by atoms with E-state index in [0.29, 0.717) is 26.2 Å². The van der Waals surface area contributed by atoms with Crippen molar-refractivity contribution in [3.8, 4) is 22.8 Å². The Bertz CT molecular complexity index is 1270. The molecule has 2 aliphatic rings. The SMILES string of the molecule is O=C(C1c2ccccc2Oc2ccccc21)N1CCN(c2ccc(-c3cccnc3)nn2)CC1. The van der Waals surface area contributed by atoms with Gasteiger partial charge in [-0.3, -0.25) is 9.78 Å². The van der Waals surface area contributed by atoms with Crippen molar-refractivity contribution in [3.05, 3.63) is 96.3 Å². The van der Waals surface area contributed by atoms with E-state index >= 15 is 0 Å². The average Bonchev–Trinajstić information content (AvgIpc) is 2.92. The Kier molecular flexibility index (Phi) is 5.14. The number of aromatic nitrogens is 3. The highest BCUT2D eigenvalue weighted by atomic mass is 16.5. The number of rotatable bonds is 3. The van der Waals surface area contributed by atoms with Gasteiger partial charge in [0.25, 0.3) is 0 Å². The number of carbonyl (C=O) groups excluding carboxylic acids is 1. The first kappa shape index (κ1) is 20.4. The molecule has 0 spiro atoms. The van der Waals surface area contributed by atoms with Crippen LogP contribution in [0.2, 0.25) is 0 Å². The van der Waals surface area contributed by atoms with Gasteiger partial charge in [0, 0.05) is 55.3 Å². The van der Waals surface area contributed by atoms with Crippen LogP contribution in [0, 0.1) is 0 Å². The van der Waals surface area contributed by atoms with Crippen LogP contribution in [0.4, 0.5) is 5.82 Å². The van der Waals surface area contributed by atoms with Crippen LogP contribution in [0.15, 0.2) is 85.2 Å². The number of fused-ring (bicyclic) bond motifs is 2. The maximum atomic E-state index is 13.7. The van der Waals surface area contributed by atoms with E-state index in [1.165, 1.54) is 0 Å². The van der Waals surface area contributed by atoms with Gasteiger partial charge in [-0.05, 0) is 36.4 Å². The minimum absolute atomic E-state index is 0.112. The fraction of sp³-hybridized carbons (Fsp3) is 0.185. The van der Waals surface area contributed by atoms with Crippen LogP contribution in [0.3, 0.4) is 0 Å². The molecule has 168 valence electrons. The van der Waals surface area contributed by atoms with E-state index in [1.807, 2.05) is 77.7 Å². The number of anilines is 1. The summed E-state index contributed by atoms with van der Waals surface area (Å²) in [7, 11) is 0. The molecule has 6 rings (SSSR count). The van der Waals surface area contributed by atoms with E-state index in [-0.39, 0.29) is 11.8 Å². The summed E-state index contributed by atoms with van der Waals surface area (Å²) in [6, 6.07) is 23.4. The molecule has 0 unspecified atom stereocenters. The molecule has 4 heterocycles. The number of para-hydroxylation sites is 2. The molecule has 1 saturated heterocycles. The Labute approximate surface area is 197 Å². The van der Waals surface area contributed by atoms with Gasteiger partial charge in [0.2, 0.25) is 5.91 Å². The van der Waals surface area contributed by atoms with Gasteiger partial charge in [0.1, 0.15) is 11.5 Å². The normalized spacial score (nSPS) is 15.3. The van der Waals surface area contributed by atoms with E-state index in [1.54, 1.807) is 12.4 Å². The Hall–Kier alpha value is -4.26. The first-order valence-corrected chi connectivity index (χ1v) is 11.4. The van der Waals surface area contributed by atoms with Crippen LogP contribution >= 0.6 is 0 Å². The van der Waals surface area contributed by atoms with Crippen molar-refractivity contribution in [2.24, 2.45) is 0 Å². The Morgan fingerprint density at radius 1 is 0.794 bits per heavy atom. The van der Waals surface area contributed by atoms with E-state index in [2.05, 4.69) is 20.1 Å². The molecule has 0 bridgehead atoms. The van der Waals surface area contributed by atoms with Crippen LogP contribution < -0.4 is 9.64 Å². The highest BCUT2D eigenvalue weighted by Crippen LogP contribution is 2.44. The molecule has 0 aliphatic carbocycles. The highest BCUT2D eigenvalue weighted by molar-refractivity contribution is 5.90. The maximum Gasteiger partial charge on any atom is 0.234 e. The third-order valence-electron chi connectivity index (χ3n) is 6.45. The molecule has 2 aliphatic heterocycles. The lowest BCUT2D eigenvalue weighted by Crippen LogP contribution is -2.50. The Balaban J connectivity index is 1.18. The molecule has 0 atom stereocenters. The molecule has 4 aromatic rings. The molecule has 7 heteroatoms. The van der Waals surface area contributed by atoms with Crippen molar-refractivity contribution in [1.29, 1.82) is 0 Å². The smallest absolute Gasteiger partial charge is 0.234 e. The number of pyridine rings is 1. The summed E-state index contributed by atoms with van der Waals surface area (Å²) in [5.41, 5.74) is 3.58. The molecule has 7 nitrogen and oxygen atoms in total. The van der Waals surface area contributed by atoms with Crippen LogP contribution in [-0.2, 0) is 4.79 Å². The second-order valence-corrected chi connectivity index (χ2v) is 8.44. The zero-order valence-corrected chi connectivity index (χ0v) is 18.5.